The van der Waals surface area contributed by atoms with Gasteiger partial charge in [0, 0.05) is 22.2 Å². The number of hydrogen-bond acceptors (Lipinski definition) is 3. The molecule has 1 aliphatic heterocycles. The van der Waals surface area contributed by atoms with Gasteiger partial charge in [-0.25, -0.2) is 4.79 Å². The van der Waals surface area contributed by atoms with Crippen molar-refractivity contribution in [2.24, 2.45) is 16.3 Å². The van der Waals surface area contributed by atoms with Crippen molar-refractivity contribution in [2.75, 3.05) is 6.54 Å². The second kappa shape index (κ2) is 9.35. The average molecular weight is 501 g/mol. The fourth-order valence-electron chi connectivity index (χ4n) is 5.25. The van der Waals surface area contributed by atoms with Gasteiger partial charge in [-0.1, -0.05) is 56.1 Å². The van der Waals surface area contributed by atoms with Crippen LogP contribution >= 0.6 is 23.2 Å². The van der Waals surface area contributed by atoms with Gasteiger partial charge >= 0.3 is 5.97 Å². The lowest BCUT2D eigenvalue weighted by Gasteiger charge is -2.51. The molecule has 1 N–H and O–H groups in total. The average Bonchev–Trinajstić information content (AvgIpc) is 2.76. The fraction of sp³-hybridized carbons (Fsp3) is 0.444. The van der Waals surface area contributed by atoms with Crippen LogP contribution in [0.4, 0.5) is 0 Å². The third-order valence-electron chi connectivity index (χ3n) is 7.37. The minimum Gasteiger partial charge on any atom is -0.478 e. The molecule has 1 spiro atoms. The van der Waals surface area contributed by atoms with Crippen molar-refractivity contribution < 1.29 is 14.7 Å². The molecule has 2 aromatic rings. The summed E-state index contributed by atoms with van der Waals surface area (Å²) in [5.41, 5.74) is 1.98. The Morgan fingerprint density at radius 2 is 1.68 bits per heavy atom. The molecule has 2 aromatic carbocycles. The summed E-state index contributed by atoms with van der Waals surface area (Å²) in [7, 11) is 0. The van der Waals surface area contributed by atoms with E-state index in [4.69, 9.17) is 28.2 Å². The molecule has 0 bridgehead atoms. The zero-order chi connectivity index (χ0) is 24.7. The molecule has 1 amide bonds. The van der Waals surface area contributed by atoms with Crippen LogP contribution in [0.25, 0.3) is 0 Å². The summed E-state index contributed by atoms with van der Waals surface area (Å²) >= 11 is 12.4. The number of amides is 1. The number of rotatable bonds is 4. The van der Waals surface area contributed by atoms with Crippen molar-refractivity contribution in [3.8, 4) is 0 Å². The van der Waals surface area contributed by atoms with E-state index in [1.807, 2.05) is 4.90 Å². The highest BCUT2D eigenvalue weighted by molar-refractivity contribution is 6.47. The van der Waals surface area contributed by atoms with E-state index in [1.165, 1.54) is 0 Å². The summed E-state index contributed by atoms with van der Waals surface area (Å²) in [5.74, 6) is -0.507. The molecule has 2 aliphatic rings. The number of halogens is 2. The third-order valence-corrected chi connectivity index (χ3v) is 7.81. The molecule has 7 heteroatoms. The number of aliphatic imine (C=N–C) groups is 1. The molecule has 0 unspecified atom stereocenters. The first-order valence-corrected chi connectivity index (χ1v) is 12.4. The lowest BCUT2D eigenvalue weighted by atomic mass is 9.66. The molecule has 1 fully saturated rings. The van der Waals surface area contributed by atoms with Crippen molar-refractivity contribution in [1.82, 2.24) is 4.90 Å². The van der Waals surface area contributed by atoms with Crippen LogP contribution in [-0.4, -0.2) is 39.7 Å². The molecule has 1 saturated carbocycles. The number of hydrogen-bond donors (Lipinski definition) is 1. The Labute approximate surface area is 210 Å². The molecular weight excluding hydrogens is 471 g/mol. The van der Waals surface area contributed by atoms with Crippen molar-refractivity contribution in [3.63, 3.8) is 0 Å². The third kappa shape index (κ3) is 5.01. The highest BCUT2D eigenvalue weighted by Crippen LogP contribution is 2.45. The second-order valence-electron chi connectivity index (χ2n) is 10.6. The molecule has 180 valence electrons. The van der Waals surface area contributed by atoms with Crippen LogP contribution in [0.15, 0.2) is 47.5 Å². The smallest absolute Gasteiger partial charge is 0.335 e. The van der Waals surface area contributed by atoms with Gasteiger partial charge in [-0.2, -0.15) is 0 Å². The van der Waals surface area contributed by atoms with Crippen molar-refractivity contribution in [1.29, 1.82) is 0 Å². The molecule has 0 atom stereocenters. The van der Waals surface area contributed by atoms with E-state index < -0.39 is 5.97 Å². The predicted molar refractivity (Wildman–Crippen MR) is 136 cm³/mol. The van der Waals surface area contributed by atoms with Gasteiger partial charge in [0.05, 0.1) is 17.6 Å². The van der Waals surface area contributed by atoms with E-state index in [0.29, 0.717) is 40.3 Å². The van der Waals surface area contributed by atoms with Crippen LogP contribution in [0.5, 0.6) is 0 Å². The van der Waals surface area contributed by atoms with Crippen LogP contribution in [-0.2, 0) is 11.3 Å². The molecule has 5 nitrogen and oxygen atoms in total. The summed E-state index contributed by atoms with van der Waals surface area (Å²) in [6.07, 6.45) is 3.86. The lowest BCUT2D eigenvalue weighted by molar-refractivity contribution is -0.134. The first-order chi connectivity index (χ1) is 16.0. The van der Waals surface area contributed by atoms with Crippen LogP contribution < -0.4 is 0 Å². The molecular formula is C27H30Cl2N2O3. The molecule has 0 radical (unpaired) electrons. The maximum Gasteiger partial charge on any atom is 0.335 e. The minimum absolute atomic E-state index is 0.138. The number of carbonyl (C=O) groups excluding carboxylic acids is 1. The quantitative estimate of drug-likeness (QED) is 0.520. The largest absolute Gasteiger partial charge is 0.478 e. The Hall–Kier alpha value is -2.37. The fourth-order valence-corrected chi connectivity index (χ4v) is 5.78. The zero-order valence-corrected chi connectivity index (χ0v) is 21.3. The predicted octanol–water partition coefficient (Wildman–Crippen LogP) is 6.50. The lowest BCUT2D eigenvalue weighted by Crippen LogP contribution is -2.60. The normalized spacial score (nSPS) is 23.2. The van der Waals surface area contributed by atoms with Gasteiger partial charge in [-0.05, 0) is 72.9 Å². The maximum atomic E-state index is 13.9. The van der Waals surface area contributed by atoms with Crippen molar-refractivity contribution in [3.05, 3.63) is 69.2 Å². The molecule has 4 rings (SSSR count). The van der Waals surface area contributed by atoms with E-state index in [1.54, 1.807) is 42.5 Å². The molecule has 1 aliphatic carbocycles. The monoisotopic (exact) mass is 500 g/mol. The second-order valence-corrected chi connectivity index (χ2v) is 11.5. The van der Waals surface area contributed by atoms with Crippen LogP contribution in [0.1, 0.15) is 67.9 Å². The van der Waals surface area contributed by atoms with E-state index in [-0.39, 0.29) is 22.4 Å². The van der Waals surface area contributed by atoms with Gasteiger partial charge in [-0.15, -0.1) is 0 Å². The number of carboxylic acid groups (broad SMARTS) is 1. The Balaban J connectivity index is 1.69. The first-order valence-electron chi connectivity index (χ1n) is 11.6. The summed E-state index contributed by atoms with van der Waals surface area (Å²) in [4.78, 5) is 31.9. The first kappa shape index (κ1) is 24.7. The SMILES string of the molecule is CC(C)(C)C1CCC2(CC1)CN=C(c1cc(Cl)cc(Cl)c1)C(=O)N2Cc1ccc(C(=O)O)cc1. The molecule has 1 heterocycles. The minimum atomic E-state index is -0.968. The summed E-state index contributed by atoms with van der Waals surface area (Å²) < 4.78 is 0. The Bertz CT molecular complexity index is 1110. The van der Waals surface area contributed by atoms with Gasteiger partial charge in [0.15, 0.2) is 0 Å². The van der Waals surface area contributed by atoms with Crippen LogP contribution in [0.3, 0.4) is 0 Å². The van der Waals surface area contributed by atoms with Gasteiger partial charge in [0.2, 0.25) is 0 Å². The topological polar surface area (TPSA) is 70.0 Å². The highest BCUT2D eigenvalue weighted by atomic mass is 35.5. The van der Waals surface area contributed by atoms with Gasteiger partial charge in [0.25, 0.3) is 5.91 Å². The number of benzene rings is 2. The summed E-state index contributed by atoms with van der Waals surface area (Å²) in [5, 5.41) is 10.1. The number of nitrogens with zero attached hydrogens (tertiary/aromatic N) is 2. The van der Waals surface area contributed by atoms with Crippen molar-refractivity contribution >= 4 is 40.8 Å². The van der Waals surface area contributed by atoms with Crippen LogP contribution in [0.2, 0.25) is 10.0 Å². The van der Waals surface area contributed by atoms with Crippen molar-refractivity contribution in [2.45, 2.75) is 58.5 Å². The highest BCUT2D eigenvalue weighted by Gasteiger charge is 2.47. The number of carboxylic acids is 1. The Kier molecular flexibility index (Phi) is 6.80. The molecule has 0 aromatic heterocycles. The van der Waals surface area contributed by atoms with E-state index in [9.17, 15) is 14.7 Å². The Morgan fingerprint density at radius 1 is 1.09 bits per heavy atom. The van der Waals surface area contributed by atoms with Gasteiger partial charge < -0.3 is 10.0 Å². The van der Waals surface area contributed by atoms with Gasteiger partial charge in [0.1, 0.15) is 5.71 Å². The molecule has 34 heavy (non-hydrogen) atoms. The summed E-state index contributed by atoms with van der Waals surface area (Å²) in [6, 6.07) is 11.8. The Morgan fingerprint density at radius 3 is 2.21 bits per heavy atom. The van der Waals surface area contributed by atoms with E-state index in [2.05, 4.69) is 20.8 Å². The van der Waals surface area contributed by atoms with Crippen LogP contribution in [0, 0.1) is 11.3 Å². The standard InChI is InChI=1S/C27H30Cl2N2O3/c1-26(2,3)20-8-10-27(11-9-20)16-30-23(19-12-21(28)14-22(29)13-19)24(32)31(27)15-17-4-6-18(7-5-17)25(33)34/h4-7,12-14,20H,8-11,15-16H2,1-3H3,(H,33,34). The maximum absolute atomic E-state index is 13.9. The number of carbonyl (C=O) groups is 2. The zero-order valence-electron chi connectivity index (χ0n) is 19.8. The van der Waals surface area contributed by atoms with E-state index >= 15 is 0 Å². The number of aromatic carboxylic acids is 1. The molecule has 0 saturated heterocycles. The summed E-state index contributed by atoms with van der Waals surface area (Å²) in [6.45, 7) is 7.77. The van der Waals surface area contributed by atoms with Gasteiger partial charge in [-0.3, -0.25) is 9.79 Å². The van der Waals surface area contributed by atoms with E-state index in [0.717, 1.165) is 31.2 Å².